The highest BCUT2D eigenvalue weighted by Crippen LogP contribution is 2.22. The SMILES string of the molecule is COC1=[N+](O)C(CC(C)C)C(=O)N=C1CC(C)(C)C. The van der Waals surface area contributed by atoms with Crippen LogP contribution in [0.15, 0.2) is 4.99 Å². The second-order valence-electron chi connectivity index (χ2n) is 6.63. The van der Waals surface area contributed by atoms with Gasteiger partial charge in [-0.3, -0.25) is 10.0 Å². The van der Waals surface area contributed by atoms with Gasteiger partial charge in [0.2, 0.25) is 0 Å². The van der Waals surface area contributed by atoms with Gasteiger partial charge in [0, 0.05) is 17.6 Å². The number of methoxy groups -OCH3 is 1. The summed E-state index contributed by atoms with van der Waals surface area (Å²) in [6, 6.07) is -0.640. The van der Waals surface area contributed by atoms with Gasteiger partial charge >= 0.3 is 11.8 Å². The molecule has 1 heterocycles. The van der Waals surface area contributed by atoms with E-state index in [1.54, 1.807) is 0 Å². The monoisotopic (exact) mass is 269 g/mol. The van der Waals surface area contributed by atoms with Gasteiger partial charge in [0.05, 0.1) is 7.11 Å². The topological polar surface area (TPSA) is 61.9 Å². The van der Waals surface area contributed by atoms with E-state index in [1.165, 1.54) is 7.11 Å². The van der Waals surface area contributed by atoms with Gasteiger partial charge in [0.1, 0.15) is 0 Å². The Morgan fingerprint density at radius 2 is 2.00 bits per heavy atom. The maximum atomic E-state index is 12.0. The summed E-state index contributed by atoms with van der Waals surface area (Å²) in [6.07, 6.45) is 1.13. The fraction of sp³-hybridized carbons (Fsp3) is 0.786. The molecule has 1 aliphatic rings. The second kappa shape index (κ2) is 5.72. The normalized spacial score (nSPS) is 20.9. The lowest BCUT2D eigenvalue weighted by Gasteiger charge is -2.21. The fourth-order valence-electron chi connectivity index (χ4n) is 2.11. The average Bonchev–Trinajstić information content (AvgIpc) is 2.22. The number of aliphatic imine (C=N–C) groups is 1. The summed E-state index contributed by atoms with van der Waals surface area (Å²) in [5.74, 6) is 0.289. The first-order valence-electron chi connectivity index (χ1n) is 6.66. The van der Waals surface area contributed by atoms with E-state index < -0.39 is 6.04 Å². The van der Waals surface area contributed by atoms with Crippen molar-refractivity contribution in [3.63, 3.8) is 0 Å². The molecule has 0 saturated carbocycles. The molecule has 0 bridgehead atoms. The van der Waals surface area contributed by atoms with Crippen molar-refractivity contribution < 1.29 is 19.5 Å². The van der Waals surface area contributed by atoms with Crippen molar-refractivity contribution >= 4 is 17.5 Å². The van der Waals surface area contributed by atoms with E-state index in [2.05, 4.69) is 25.8 Å². The zero-order chi connectivity index (χ0) is 14.8. The quantitative estimate of drug-likeness (QED) is 0.631. The molecule has 1 N–H and O–H groups in total. The highest BCUT2D eigenvalue weighted by Gasteiger charge is 2.42. The molecule has 0 radical (unpaired) electrons. The predicted molar refractivity (Wildman–Crippen MR) is 73.8 cm³/mol. The third-order valence-electron chi connectivity index (χ3n) is 2.87. The van der Waals surface area contributed by atoms with Crippen molar-refractivity contribution in [1.29, 1.82) is 0 Å². The van der Waals surface area contributed by atoms with Crippen molar-refractivity contribution in [2.45, 2.75) is 53.5 Å². The number of carbonyl (C=O) groups excluding carboxylic acids is 1. The molecule has 5 heteroatoms. The van der Waals surface area contributed by atoms with E-state index in [4.69, 9.17) is 4.74 Å². The number of hydrogen-bond acceptors (Lipinski definition) is 3. The first-order chi connectivity index (χ1) is 8.65. The van der Waals surface area contributed by atoms with Crippen molar-refractivity contribution in [2.24, 2.45) is 16.3 Å². The van der Waals surface area contributed by atoms with Crippen LogP contribution in [0.1, 0.15) is 47.5 Å². The van der Waals surface area contributed by atoms with Crippen molar-refractivity contribution in [3.05, 3.63) is 0 Å². The zero-order valence-electron chi connectivity index (χ0n) is 12.7. The Kier molecular flexibility index (Phi) is 4.71. The molecule has 0 aromatic heterocycles. The molecule has 0 spiro atoms. The van der Waals surface area contributed by atoms with Crippen molar-refractivity contribution in [2.75, 3.05) is 7.11 Å². The van der Waals surface area contributed by atoms with Gasteiger partial charge in [-0.05, 0) is 11.3 Å². The summed E-state index contributed by atoms with van der Waals surface area (Å²) in [5.41, 5.74) is 0.483. The zero-order valence-corrected chi connectivity index (χ0v) is 12.7. The Hall–Kier alpha value is -1.39. The van der Waals surface area contributed by atoms with Crippen LogP contribution in [-0.4, -0.2) is 40.6 Å². The van der Waals surface area contributed by atoms with Gasteiger partial charge in [0.25, 0.3) is 6.04 Å². The molecule has 19 heavy (non-hydrogen) atoms. The molecule has 1 aliphatic heterocycles. The highest BCUT2D eigenvalue weighted by molar-refractivity contribution is 6.39. The second-order valence-corrected chi connectivity index (χ2v) is 6.63. The highest BCUT2D eigenvalue weighted by atomic mass is 16.5. The van der Waals surface area contributed by atoms with Gasteiger partial charge in [-0.2, -0.15) is 0 Å². The summed E-state index contributed by atoms with van der Waals surface area (Å²) >= 11 is 0. The van der Waals surface area contributed by atoms with E-state index >= 15 is 0 Å². The molecule has 1 atom stereocenters. The average molecular weight is 269 g/mol. The Labute approximate surface area is 115 Å². The summed E-state index contributed by atoms with van der Waals surface area (Å²) in [4.78, 5) is 16.2. The third-order valence-corrected chi connectivity index (χ3v) is 2.87. The molecular formula is C14H25N2O3+. The molecule has 5 nitrogen and oxygen atoms in total. The van der Waals surface area contributed by atoms with Crippen LogP contribution in [0.5, 0.6) is 0 Å². The van der Waals surface area contributed by atoms with Gasteiger partial charge in [-0.1, -0.05) is 34.6 Å². The Morgan fingerprint density at radius 3 is 2.42 bits per heavy atom. The van der Waals surface area contributed by atoms with E-state index in [0.717, 1.165) is 4.74 Å². The fourth-order valence-corrected chi connectivity index (χ4v) is 2.11. The van der Waals surface area contributed by atoms with Gasteiger partial charge in [-0.25, -0.2) is 4.99 Å². The summed E-state index contributed by atoms with van der Waals surface area (Å²) in [7, 11) is 1.49. The molecule has 1 rings (SSSR count). The van der Waals surface area contributed by atoms with Crippen LogP contribution >= 0.6 is 0 Å². The maximum absolute atomic E-state index is 12.0. The number of hydroxylamine groups is 1. The number of amides is 1. The van der Waals surface area contributed by atoms with E-state index in [9.17, 15) is 10.0 Å². The Morgan fingerprint density at radius 1 is 1.42 bits per heavy atom. The molecule has 0 aromatic carbocycles. The number of nitrogens with zero attached hydrogens (tertiary/aromatic N) is 2. The summed E-state index contributed by atoms with van der Waals surface area (Å²) in [5, 5.41) is 10.2. The van der Waals surface area contributed by atoms with E-state index in [-0.39, 0.29) is 11.3 Å². The predicted octanol–water partition coefficient (Wildman–Crippen LogP) is 2.27. The Balaban J connectivity index is 3.08. The van der Waals surface area contributed by atoms with Crippen LogP contribution in [0, 0.1) is 11.3 Å². The smallest absolute Gasteiger partial charge is 0.433 e. The van der Waals surface area contributed by atoms with Crippen LogP contribution < -0.4 is 0 Å². The lowest BCUT2D eigenvalue weighted by Crippen LogP contribution is -2.45. The standard InChI is InChI=1S/C14H25N2O3/c1-9(2)7-11-12(17)15-10(8-14(3,4)5)13(19-6)16(11)18/h9,11,18H,7-8H2,1-6H3/q+1. The van der Waals surface area contributed by atoms with Crippen LogP contribution in [0.25, 0.3) is 0 Å². The first kappa shape index (κ1) is 15.7. The van der Waals surface area contributed by atoms with Gasteiger partial charge < -0.3 is 4.74 Å². The third kappa shape index (κ3) is 4.04. The molecule has 0 saturated heterocycles. The molecule has 1 unspecified atom stereocenters. The van der Waals surface area contributed by atoms with Gasteiger partial charge in [-0.15, -0.1) is 0 Å². The minimum absolute atomic E-state index is 0.0331. The van der Waals surface area contributed by atoms with Crippen LogP contribution in [-0.2, 0) is 9.53 Å². The van der Waals surface area contributed by atoms with E-state index in [1.807, 2.05) is 13.8 Å². The van der Waals surface area contributed by atoms with Crippen molar-refractivity contribution in [1.82, 2.24) is 0 Å². The molecular weight excluding hydrogens is 244 g/mol. The van der Waals surface area contributed by atoms with E-state index in [0.29, 0.717) is 30.4 Å². The lowest BCUT2D eigenvalue weighted by atomic mass is 9.89. The van der Waals surface area contributed by atoms with Gasteiger partial charge in [0.15, 0.2) is 5.71 Å². The van der Waals surface area contributed by atoms with Crippen LogP contribution in [0.3, 0.4) is 0 Å². The van der Waals surface area contributed by atoms with Crippen LogP contribution in [0.2, 0.25) is 0 Å². The minimum Gasteiger partial charge on any atom is -0.444 e. The summed E-state index contributed by atoms with van der Waals surface area (Å²) in [6.45, 7) is 10.2. The van der Waals surface area contributed by atoms with Crippen LogP contribution in [0.4, 0.5) is 0 Å². The minimum atomic E-state index is -0.640. The molecule has 108 valence electrons. The summed E-state index contributed by atoms with van der Waals surface area (Å²) < 4.78 is 6.17. The number of ether oxygens (including phenoxy) is 1. The Bertz CT molecular complexity index is 417. The maximum Gasteiger partial charge on any atom is 0.433 e. The molecule has 0 aromatic rings. The number of hydrogen-bond donors (Lipinski definition) is 1. The number of rotatable bonds is 3. The lowest BCUT2D eigenvalue weighted by molar-refractivity contribution is -0.794. The molecule has 0 fully saturated rings. The first-order valence-corrected chi connectivity index (χ1v) is 6.66. The molecule has 1 amide bonds. The molecule has 0 aliphatic carbocycles. The number of carbonyl (C=O) groups is 1. The largest absolute Gasteiger partial charge is 0.444 e. The van der Waals surface area contributed by atoms with Crippen molar-refractivity contribution in [3.8, 4) is 0 Å².